The van der Waals surface area contributed by atoms with Gasteiger partial charge in [-0.05, 0) is 55.0 Å². The molecule has 8 nitrogen and oxygen atoms in total. The van der Waals surface area contributed by atoms with E-state index in [0.29, 0.717) is 24.7 Å². The lowest BCUT2D eigenvalue weighted by molar-refractivity contribution is -0.129. The Morgan fingerprint density at radius 2 is 2.10 bits per heavy atom. The number of nitrogens with one attached hydrogen (secondary N) is 3. The van der Waals surface area contributed by atoms with Crippen LogP contribution in [0.2, 0.25) is 0 Å². The highest BCUT2D eigenvalue weighted by atomic mass is 16.5. The topological polar surface area (TPSA) is 99.4 Å². The zero-order valence-corrected chi connectivity index (χ0v) is 17.8. The zero-order valence-electron chi connectivity index (χ0n) is 17.8. The summed E-state index contributed by atoms with van der Waals surface area (Å²) in [6, 6.07) is 5.73. The second kappa shape index (κ2) is 9.78. The molecule has 2 fully saturated rings. The van der Waals surface area contributed by atoms with Gasteiger partial charge in [-0.25, -0.2) is 4.98 Å². The molecule has 1 amide bonds. The van der Waals surface area contributed by atoms with E-state index in [1.54, 1.807) is 23.4 Å². The number of aromatic nitrogens is 2. The third-order valence-corrected chi connectivity index (χ3v) is 5.88. The first-order chi connectivity index (χ1) is 15.1. The number of ether oxygens (including phenoxy) is 1. The van der Waals surface area contributed by atoms with E-state index >= 15 is 0 Å². The van der Waals surface area contributed by atoms with E-state index in [0.717, 1.165) is 49.4 Å². The van der Waals surface area contributed by atoms with Crippen LogP contribution in [0.3, 0.4) is 0 Å². The summed E-state index contributed by atoms with van der Waals surface area (Å²) in [7, 11) is 1.82. The highest BCUT2D eigenvalue weighted by Gasteiger charge is 2.29. The number of amides is 1. The van der Waals surface area contributed by atoms with Crippen molar-refractivity contribution < 1.29 is 9.53 Å². The van der Waals surface area contributed by atoms with E-state index in [4.69, 9.17) is 4.74 Å². The summed E-state index contributed by atoms with van der Waals surface area (Å²) in [5.41, 5.74) is 2.18. The molecule has 0 bridgehead atoms. The molecule has 0 radical (unpaired) electrons. The number of hydrogen-bond acceptors (Lipinski definition) is 6. The maximum absolute atomic E-state index is 12.3. The quantitative estimate of drug-likeness (QED) is 0.592. The second-order valence-corrected chi connectivity index (χ2v) is 8.09. The molecule has 4 rings (SSSR count). The molecule has 8 heteroatoms. The molecule has 4 heterocycles. The van der Waals surface area contributed by atoms with Crippen LogP contribution >= 0.6 is 0 Å². The summed E-state index contributed by atoms with van der Waals surface area (Å²) in [5.74, 6) is 1.41. The number of rotatable bonds is 7. The predicted octanol–water partition coefficient (Wildman–Crippen LogP) is 2.47. The maximum atomic E-state index is 12.3. The first-order valence-corrected chi connectivity index (χ1v) is 10.8. The standard InChI is InChI=1S/C23H29N5O3/c1-24-21-12-17(5-8-25-21)18-11-20(23(30)26-13-18)27-19-14-28(15-19)22(29)4-2-3-16-6-9-31-10-7-16/h2,4-5,8,11-13,16,19,27H,3,6-7,9-10,14-15H2,1H3,(H,24,25)(H,26,30). The minimum Gasteiger partial charge on any atom is -0.381 e. The minimum absolute atomic E-state index is 0.0316. The van der Waals surface area contributed by atoms with Crippen molar-refractivity contribution in [1.82, 2.24) is 14.9 Å². The van der Waals surface area contributed by atoms with Gasteiger partial charge in [-0.15, -0.1) is 0 Å². The number of carbonyl (C=O) groups excluding carboxylic acids is 1. The van der Waals surface area contributed by atoms with Gasteiger partial charge in [-0.1, -0.05) is 6.08 Å². The van der Waals surface area contributed by atoms with Crippen LogP contribution in [-0.4, -0.2) is 60.2 Å². The first kappa shape index (κ1) is 21.1. The van der Waals surface area contributed by atoms with E-state index in [2.05, 4.69) is 20.6 Å². The molecule has 0 atom stereocenters. The van der Waals surface area contributed by atoms with Crippen LogP contribution in [0.15, 0.2) is 47.5 Å². The molecule has 2 aromatic rings. The molecular weight excluding hydrogens is 394 g/mol. The Kier molecular flexibility index (Phi) is 6.66. The van der Waals surface area contributed by atoms with Gasteiger partial charge in [0.15, 0.2) is 0 Å². The van der Waals surface area contributed by atoms with Gasteiger partial charge in [0.25, 0.3) is 5.56 Å². The lowest BCUT2D eigenvalue weighted by Crippen LogP contribution is -2.57. The van der Waals surface area contributed by atoms with Gasteiger partial charge in [-0.2, -0.15) is 0 Å². The zero-order chi connectivity index (χ0) is 21.6. The smallest absolute Gasteiger partial charge is 0.271 e. The van der Waals surface area contributed by atoms with Crippen molar-refractivity contribution in [3.8, 4) is 11.1 Å². The van der Waals surface area contributed by atoms with E-state index < -0.39 is 0 Å². The van der Waals surface area contributed by atoms with Crippen molar-refractivity contribution in [3.05, 3.63) is 53.1 Å². The van der Waals surface area contributed by atoms with Crippen molar-refractivity contribution in [1.29, 1.82) is 0 Å². The molecule has 31 heavy (non-hydrogen) atoms. The number of carbonyl (C=O) groups is 1. The third kappa shape index (κ3) is 5.32. The fourth-order valence-electron chi connectivity index (χ4n) is 3.92. The number of nitrogens with zero attached hydrogens (tertiary/aromatic N) is 2. The van der Waals surface area contributed by atoms with E-state index in [9.17, 15) is 9.59 Å². The van der Waals surface area contributed by atoms with Gasteiger partial charge in [-0.3, -0.25) is 9.59 Å². The largest absolute Gasteiger partial charge is 0.381 e. The average Bonchev–Trinajstić information content (AvgIpc) is 2.77. The summed E-state index contributed by atoms with van der Waals surface area (Å²) in [6.45, 7) is 2.82. The lowest BCUT2D eigenvalue weighted by Gasteiger charge is -2.39. The summed E-state index contributed by atoms with van der Waals surface area (Å²) in [5, 5.41) is 6.29. The van der Waals surface area contributed by atoms with Crippen LogP contribution in [0.25, 0.3) is 11.1 Å². The van der Waals surface area contributed by atoms with E-state index in [-0.39, 0.29) is 17.5 Å². The first-order valence-electron chi connectivity index (χ1n) is 10.8. The molecule has 2 aliphatic rings. The molecule has 3 N–H and O–H groups in total. The van der Waals surface area contributed by atoms with Crippen molar-refractivity contribution in [3.63, 3.8) is 0 Å². The van der Waals surface area contributed by atoms with E-state index in [1.807, 2.05) is 31.3 Å². The van der Waals surface area contributed by atoms with Crippen LogP contribution in [0.4, 0.5) is 11.5 Å². The molecule has 0 saturated carbocycles. The average molecular weight is 424 g/mol. The van der Waals surface area contributed by atoms with Gasteiger partial charge in [0.2, 0.25) is 5.91 Å². The number of H-pyrrole nitrogens is 1. The molecular formula is C23H29N5O3. The van der Waals surface area contributed by atoms with Crippen molar-refractivity contribution >= 4 is 17.4 Å². The van der Waals surface area contributed by atoms with Crippen molar-refractivity contribution in [2.45, 2.75) is 25.3 Å². The van der Waals surface area contributed by atoms with Gasteiger partial charge in [0, 0.05) is 51.3 Å². The number of aromatic amines is 1. The highest BCUT2D eigenvalue weighted by molar-refractivity contribution is 5.88. The number of pyridine rings is 2. The summed E-state index contributed by atoms with van der Waals surface area (Å²) in [6.07, 6.45) is 10.2. The normalized spacial score (nSPS) is 17.5. The van der Waals surface area contributed by atoms with Gasteiger partial charge >= 0.3 is 0 Å². The number of anilines is 2. The maximum Gasteiger partial charge on any atom is 0.271 e. The molecule has 2 aliphatic heterocycles. The van der Waals surface area contributed by atoms with Gasteiger partial charge < -0.3 is 25.3 Å². The molecule has 0 unspecified atom stereocenters. The van der Waals surface area contributed by atoms with Crippen LogP contribution in [-0.2, 0) is 9.53 Å². The Hall–Kier alpha value is -3.13. The summed E-state index contributed by atoms with van der Waals surface area (Å²) in [4.78, 5) is 33.4. The Labute approximate surface area is 181 Å². The Bertz CT molecular complexity index is 991. The fourth-order valence-corrected chi connectivity index (χ4v) is 3.92. The number of likely N-dealkylation sites (tertiary alicyclic amines) is 1. The van der Waals surface area contributed by atoms with Gasteiger partial charge in [0.1, 0.15) is 11.5 Å². The lowest BCUT2D eigenvalue weighted by atomic mass is 9.96. The second-order valence-electron chi connectivity index (χ2n) is 8.09. The molecule has 0 aromatic carbocycles. The molecule has 0 aliphatic carbocycles. The fraction of sp³-hybridized carbons (Fsp3) is 0.435. The Morgan fingerprint density at radius 3 is 2.87 bits per heavy atom. The number of allylic oxidation sites excluding steroid dienone is 1. The van der Waals surface area contributed by atoms with Gasteiger partial charge in [0.05, 0.1) is 6.04 Å². The van der Waals surface area contributed by atoms with Crippen LogP contribution < -0.4 is 16.2 Å². The number of hydrogen-bond donors (Lipinski definition) is 3. The molecule has 164 valence electrons. The predicted molar refractivity (Wildman–Crippen MR) is 121 cm³/mol. The third-order valence-electron chi connectivity index (χ3n) is 5.88. The summed E-state index contributed by atoms with van der Waals surface area (Å²) >= 11 is 0. The molecule has 2 saturated heterocycles. The van der Waals surface area contributed by atoms with Crippen LogP contribution in [0, 0.1) is 5.92 Å². The molecule has 2 aromatic heterocycles. The van der Waals surface area contributed by atoms with Crippen molar-refractivity contribution in [2.75, 3.05) is 44.0 Å². The van der Waals surface area contributed by atoms with Crippen LogP contribution in [0.5, 0.6) is 0 Å². The Morgan fingerprint density at radius 1 is 1.29 bits per heavy atom. The minimum atomic E-state index is -0.173. The Balaban J connectivity index is 1.30. The summed E-state index contributed by atoms with van der Waals surface area (Å²) < 4.78 is 5.37. The van der Waals surface area contributed by atoms with Crippen LogP contribution in [0.1, 0.15) is 19.3 Å². The highest BCUT2D eigenvalue weighted by Crippen LogP contribution is 2.23. The van der Waals surface area contributed by atoms with E-state index in [1.165, 1.54) is 0 Å². The monoisotopic (exact) mass is 423 g/mol. The molecule has 0 spiro atoms. The van der Waals surface area contributed by atoms with Crippen molar-refractivity contribution in [2.24, 2.45) is 5.92 Å². The SMILES string of the molecule is CNc1cc(-c2c[nH]c(=O)c(NC3CN(C(=O)C=CCC4CCOCC4)C3)c2)ccn1.